The molecule has 5 heteroatoms. The molecule has 1 heterocycles. The Hall–Kier alpha value is -1.83. The quantitative estimate of drug-likeness (QED) is 0.621. The zero-order valence-corrected chi connectivity index (χ0v) is 13.6. The van der Waals surface area contributed by atoms with Crippen LogP contribution in [0.15, 0.2) is 40.9 Å². The summed E-state index contributed by atoms with van der Waals surface area (Å²) in [5.41, 5.74) is 4.48. The minimum Gasteiger partial charge on any atom is -0.295 e. The summed E-state index contributed by atoms with van der Waals surface area (Å²) in [4.78, 5) is 4.57. The maximum atomic E-state index is 9.13. The van der Waals surface area contributed by atoms with Gasteiger partial charge in [0.15, 0.2) is 0 Å². The average molecular weight is 361 g/mol. The van der Waals surface area contributed by atoms with Crippen molar-refractivity contribution in [1.29, 1.82) is 5.26 Å². The highest BCUT2D eigenvalue weighted by molar-refractivity contribution is 9.10. The van der Waals surface area contributed by atoms with E-state index in [2.05, 4.69) is 27.0 Å². The van der Waals surface area contributed by atoms with Crippen LogP contribution in [0.5, 0.6) is 0 Å². The number of hydrogen-bond acceptors (Lipinski definition) is 2. The number of alkyl halides is 1. The third-order valence-corrected chi connectivity index (χ3v) is 4.12. The van der Waals surface area contributed by atoms with E-state index in [4.69, 9.17) is 16.9 Å². The van der Waals surface area contributed by atoms with Crippen LogP contribution in [0.2, 0.25) is 0 Å². The van der Waals surface area contributed by atoms with Gasteiger partial charge in [-0.15, -0.1) is 11.6 Å². The second-order valence-electron chi connectivity index (χ2n) is 4.74. The molecule has 0 aliphatic carbocycles. The van der Waals surface area contributed by atoms with Gasteiger partial charge in [-0.25, -0.2) is 4.98 Å². The third kappa shape index (κ3) is 2.44. The van der Waals surface area contributed by atoms with Crippen LogP contribution < -0.4 is 0 Å². The van der Waals surface area contributed by atoms with Gasteiger partial charge in [-0.1, -0.05) is 22.0 Å². The molecule has 0 unspecified atom stereocenters. The number of imidazole rings is 1. The summed E-state index contributed by atoms with van der Waals surface area (Å²) in [5.74, 6) is 1.07. The Morgan fingerprint density at radius 1 is 1.29 bits per heavy atom. The molecule has 0 bridgehead atoms. The van der Waals surface area contributed by atoms with Crippen LogP contribution in [-0.4, -0.2) is 9.55 Å². The SMILES string of the molecule is Cc1ccc(C#N)cc1-n1c(CCl)nc2ccc(Br)cc21. The van der Waals surface area contributed by atoms with E-state index >= 15 is 0 Å². The first-order valence-electron chi connectivity index (χ1n) is 6.38. The van der Waals surface area contributed by atoms with Gasteiger partial charge in [0.05, 0.1) is 34.2 Å². The number of nitrogens with zero attached hydrogens (tertiary/aromatic N) is 3. The molecule has 2 aromatic carbocycles. The minimum absolute atomic E-state index is 0.308. The van der Waals surface area contributed by atoms with Crippen molar-refractivity contribution in [2.75, 3.05) is 0 Å². The standard InChI is InChI=1S/C16H11BrClN3/c1-10-2-3-11(9-19)6-14(10)21-15-7-12(17)4-5-13(15)20-16(21)8-18/h2-7H,8H2,1H3. The van der Waals surface area contributed by atoms with E-state index in [1.807, 2.05) is 47.9 Å². The van der Waals surface area contributed by atoms with Crippen molar-refractivity contribution in [3.63, 3.8) is 0 Å². The second kappa shape index (κ2) is 5.51. The van der Waals surface area contributed by atoms with Gasteiger partial charge >= 0.3 is 0 Å². The van der Waals surface area contributed by atoms with Gasteiger partial charge < -0.3 is 0 Å². The monoisotopic (exact) mass is 359 g/mol. The number of nitriles is 1. The van der Waals surface area contributed by atoms with E-state index in [9.17, 15) is 0 Å². The lowest BCUT2D eigenvalue weighted by Crippen LogP contribution is -2.02. The zero-order chi connectivity index (χ0) is 15.0. The van der Waals surface area contributed by atoms with E-state index in [0.717, 1.165) is 32.6 Å². The first kappa shape index (κ1) is 14.1. The van der Waals surface area contributed by atoms with Gasteiger partial charge in [-0.3, -0.25) is 4.57 Å². The number of aryl methyl sites for hydroxylation is 1. The van der Waals surface area contributed by atoms with E-state index in [0.29, 0.717) is 11.4 Å². The van der Waals surface area contributed by atoms with Gasteiger partial charge in [-0.2, -0.15) is 5.26 Å². The van der Waals surface area contributed by atoms with Crippen molar-refractivity contribution < 1.29 is 0 Å². The van der Waals surface area contributed by atoms with Crippen molar-refractivity contribution >= 4 is 38.6 Å². The number of rotatable bonds is 2. The molecule has 0 aliphatic rings. The number of hydrogen-bond donors (Lipinski definition) is 0. The van der Waals surface area contributed by atoms with Crippen molar-refractivity contribution in [1.82, 2.24) is 9.55 Å². The van der Waals surface area contributed by atoms with Crippen LogP contribution in [0.25, 0.3) is 16.7 Å². The Labute approximate surface area is 135 Å². The van der Waals surface area contributed by atoms with E-state index in [1.165, 1.54) is 0 Å². The fraction of sp³-hybridized carbons (Fsp3) is 0.125. The fourth-order valence-corrected chi connectivity index (χ4v) is 2.90. The number of fused-ring (bicyclic) bond motifs is 1. The lowest BCUT2D eigenvalue weighted by molar-refractivity contribution is 0.971. The van der Waals surface area contributed by atoms with E-state index < -0.39 is 0 Å². The molecule has 0 saturated carbocycles. The first-order chi connectivity index (χ1) is 10.1. The maximum absolute atomic E-state index is 9.13. The Morgan fingerprint density at radius 2 is 2.10 bits per heavy atom. The number of aromatic nitrogens is 2. The van der Waals surface area contributed by atoms with E-state index in [1.54, 1.807) is 0 Å². The number of benzene rings is 2. The molecule has 3 nitrogen and oxygen atoms in total. The zero-order valence-electron chi connectivity index (χ0n) is 11.3. The second-order valence-corrected chi connectivity index (χ2v) is 5.93. The van der Waals surface area contributed by atoms with E-state index in [-0.39, 0.29) is 0 Å². The van der Waals surface area contributed by atoms with Crippen molar-refractivity contribution in [3.05, 3.63) is 57.8 Å². The molecule has 3 rings (SSSR count). The van der Waals surface area contributed by atoms with Crippen molar-refractivity contribution in [2.45, 2.75) is 12.8 Å². The van der Waals surface area contributed by atoms with Gasteiger partial charge in [0, 0.05) is 4.47 Å². The molecule has 0 amide bonds. The molecule has 0 N–H and O–H groups in total. The van der Waals surface area contributed by atoms with Crippen molar-refractivity contribution in [2.24, 2.45) is 0 Å². The predicted octanol–water partition coefficient (Wildman–Crippen LogP) is 4.71. The molecule has 0 saturated heterocycles. The van der Waals surface area contributed by atoms with Gasteiger partial charge in [0.2, 0.25) is 0 Å². The summed E-state index contributed by atoms with van der Waals surface area (Å²) < 4.78 is 3.00. The summed E-state index contributed by atoms with van der Waals surface area (Å²) in [7, 11) is 0. The van der Waals surface area contributed by atoms with Crippen LogP contribution in [0.1, 0.15) is 17.0 Å². The molecular weight excluding hydrogens is 350 g/mol. The highest BCUT2D eigenvalue weighted by Gasteiger charge is 2.14. The number of halogens is 2. The highest BCUT2D eigenvalue weighted by atomic mass is 79.9. The van der Waals surface area contributed by atoms with Crippen LogP contribution in [-0.2, 0) is 5.88 Å². The lowest BCUT2D eigenvalue weighted by Gasteiger charge is -2.11. The molecule has 21 heavy (non-hydrogen) atoms. The summed E-state index contributed by atoms with van der Waals surface area (Å²) in [5, 5.41) is 9.13. The molecule has 0 aliphatic heterocycles. The molecule has 104 valence electrons. The Kier molecular flexibility index (Phi) is 3.71. The van der Waals surface area contributed by atoms with Crippen LogP contribution in [0.3, 0.4) is 0 Å². The summed E-state index contributed by atoms with van der Waals surface area (Å²) in [6.07, 6.45) is 0. The molecule has 0 spiro atoms. The maximum Gasteiger partial charge on any atom is 0.129 e. The smallest absolute Gasteiger partial charge is 0.129 e. The van der Waals surface area contributed by atoms with Gasteiger partial charge in [-0.05, 0) is 42.8 Å². The molecule has 0 atom stereocenters. The van der Waals surface area contributed by atoms with Gasteiger partial charge in [0.25, 0.3) is 0 Å². The minimum atomic E-state index is 0.308. The largest absolute Gasteiger partial charge is 0.295 e. The topological polar surface area (TPSA) is 41.6 Å². The Morgan fingerprint density at radius 3 is 2.81 bits per heavy atom. The average Bonchev–Trinajstić information content (AvgIpc) is 2.85. The van der Waals surface area contributed by atoms with Gasteiger partial charge in [0.1, 0.15) is 5.82 Å². The molecule has 3 aromatic rings. The van der Waals surface area contributed by atoms with Crippen LogP contribution in [0.4, 0.5) is 0 Å². The molecule has 0 radical (unpaired) electrons. The lowest BCUT2D eigenvalue weighted by atomic mass is 10.1. The fourth-order valence-electron chi connectivity index (χ4n) is 2.38. The van der Waals surface area contributed by atoms with Crippen LogP contribution >= 0.6 is 27.5 Å². The summed E-state index contributed by atoms with van der Waals surface area (Å²) in [6.45, 7) is 2.01. The van der Waals surface area contributed by atoms with Crippen LogP contribution in [0, 0.1) is 18.3 Å². The summed E-state index contributed by atoms with van der Waals surface area (Å²) in [6, 6.07) is 13.7. The third-order valence-electron chi connectivity index (χ3n) is 3.38. The molecule has 0 fully saturated rings. The Balaban J connectivity index is 2.38. The predicted molar refractivity (Wildman–Crippen MR) is 87.8 cm³/mol. The molecule has 1 aromatic heterocycles. The first-order valence-corrected chi connectivity index (χ1v) is 7.71. The molecular formula is C16H11BrClN3. The normalized spacial score (nSPS) is 10.8. The highest BCUT2D eigenvalue weighted by Crippen LogP contribution is 2.27. The van der Waals surface area contributed by atoms with Crippen molar-refractivity contribution in [3.8, 4) is 11.8 Å². The summed E-state index contributed by atoms with van der Waals surface area (Å²) >= 11 is 9.55. The Bertz CT molecular complexity index is 877.